The Morgan fingerprint density at radius 3 is 2.38 bits per heavy atom. The lowest BCUT2D eigenvalue weighted by molar-refractivity contribution is -0.149. The molecular weight excluding hydrogens is 436 g/mol. The van der Waals surface area contributed by atoms with Crippen LogP contribution in [0.3, 0.4) is 0 Å². The van der Waals surface area contributed by atoms with Gasteiger partial charge in [-0.15, -0.1) is 6.42 Å². The van der Waals surface area contributed by atoms with E-state index in [1.807, 2.05) is 36.4 Å². The van der Waals surface area contributed by atoms with Gasteiger partial charge in [-0.1, -0.05) is 54.5 Å². The van der Waals surface area contributed by atoms with Crippen LogP contribution in [0.4, 0.5) is 4.79 Å². The maximum Gasteiger partial charge on any atom is 0.407 e. The van der Waals surface area contributed by atoms with E-state index in [2.05, 4.69) is 23.4 Å². The normalized spacial score (nSPS) is 18.4. The molecule has 0 saturated carbocycles. The highest BCUT2D eigenvalue weighted by atomic mass is 16.5. The molecule has 34 heavy (non-hydrogen) atoms. The zero-order chi connectivity index (χ0) is 24.1. The van der Waals surface area contributed by atoms with Crippen LogP contribution in [0.15, 0.2) is 48.5 Å². The third-order valence-corrected chi connectivity index (χ3v) is 6.23. The van der Waals surface area contributed by atoms with Crippen LogP contribution in [0.5, 0.6) is 0 Å². The van der Waals surface area contributed by atoms with Crippen molar-refractivity contribution in [1.29, 1.82) is 0 Å². The molecule has 1 saturated heterocycles. The zero-order valence-electron chi connectivity index (χ0n) is 18.6. The molecule has 4 rings (SSSR count). The number of carboxylic acids is 1. The number of fused-ring (bicyclic) bond motifs is 3. The number of nitrogens with zero attached hydrogens (tertiary/aromatic N) is 1. The highest BCUT2D eigenvalue weighted by molar-refractivity contribution is 5.85. The van der Waals surface area contributed by atoms with E-state index in [1.165, 1.54) is 0 Å². The van der Waals surface area contributed by atoms with Gasteiger partial charge < -0.3 is 24.8 Å². The minimum atomic E-state index is -1.16. The second kappa shape index (κ2) is 10.4. The molecule has 0 aromatic heterocycles. The van der Waals surface area contributed by atoms with E-state index >= 15 is 0 Å². The molecule has 2 aromatic carbocycles. The van der Waals surface area contributed by atoms with Gasteiger partial charge in [0.05, 0.1) is 6.54 Å². The van der Waals surface area contributed by atoms with Gasteiger partial charge in [0.1, 0.15) is 19.3 Å². The fourth-order valence-corrected chi connectivity index (χ4v) is 4.64. The Morgan fingerprint density at radius 1 is 1.12 bits per heavy atom. The van der Waals surface area contributed by atoms with Crippen LogP contribution in [0.1, 0.15) is 23.5 Å². The maximum atomic E-state index is 12.8. The SMILES string of the molecule is C#CCN(CC(=O)O)C(=O)[C@H]1OCC[C@H]1CNC(=O)OCC1c2ccccc2-c2ccccc21. The Morgan fingerprint density at radius 2 is 1.76 bits per heavy atom. The molecule has 8 heteroatoms. The average molecular weight is 463 g/mol. The molecule has 1 fully saturated rings. The van der Waals surface area contributed by atoms with Gasteiger partial charge in [-0.2, -0.15) is 0 Å². The van der Waals surface area contributed by atoms with Crippen LogP contribution in [-0.2, 0) is 19.1 Å². The van der Waals surface area contributed by atoms with Crippen LogP contribution >= 0.6 is 0 Å². The van der Waals surface area contributed by atoms with Crippen molar-refractivity contribution in [2.45, 2.75) is 18.4 Å². The van der Waals surface area contributed by atoms with Gasteiger partial charge in [-0.05, 0) is 28.7 Å². The van der Waals surface area contributed by atoms with E-state index in [0.29, 0.717) is 13.0 Å². The van der Waals surface area contributed by atoms with Crippen LogP contribution in [0.2, 0.25) is 0 Å². The number of ether oxygens (including phenoxy) is 2. The molecule has 2 aromatic rings. The maximum absolute atomic E-state index is 12.8. The number of carboxylic acid groups (broad SMARTS) is 1. The van der Waals surface area contributed by atoms with Gasteiger partial charge in [0, 0.05) is 25.0 Å². The van der Waals surface area contributed by atoms with Crippen LogP contribution < -0.4 is 5.32 Å². The fourth-order valence-electron chi connectivity index (χ4n) is 4.64. The summed E-state index contributed by atoms with van der Waals surface area (Å²) in [4.78, 5) is 37.3. The van der Waals surface area contributed by atoms with Crippen molar-refractivity contribution >= 4 is 18.0 Å². The number of benzene rings is 2. The quantitative estimate of drug-likeness (QED) is 0.584. The zero-order valence-corrected chi connectivity index (χ0v) is 18.6. The summed E-state index contributed by atoms with van der Waals surface area (Å²) in [6, 6.07) is 16.2. The summed E-state index contributed by atoms with van der Waals surface area (Å²) in [5.41, 5.74) is 4.54. The van der Waals surface area contributed by atoms with Crippen LogP contribution in [0.25, 0.3) is 11.1 Å². The number of aliphatic carboxylic acids is 1. The van der Waals surface area contributed by atoms with E-state index in [9.17, 15) is 14.4 Å². The lowest BCUT2D eigenvalue weighted by Crippen LogP contribution is -2.46. The topological polar surface area (TPSA) is 105 Å². The molecule has 2 amide bonds. The number of carbonyl (C=O) groups excluding carboxylic acids is 2. The Balaban J connectivity index is 1.33. The smallest absolute Gasteiger partial charge is 0.407 e. The molecule has 0 unspecified atom stereocenters. The minimum absolute atomic E-state index is 0.0457. The van der Waals surface area contributed by atoms with E-state index in [0.717, 1.165) is 27.2 Å². The summed E-state index contributed by atoms with van der Waals surface area (Å²) in [5.74, 6) is 0.301. The van der Waals surface area contributed by atoms with Gasteiger partial charge >= 0.3 is 12.1 Å². The number of carbonyl (C=O) groups is 3. The molecule has 0 spiro atoms. The molecular formula is C26H26N2O6. The van der Waals surface area contributed by atoms with Crippen LogP contribution in [-0.4, -0.2) is 66.9 Å². The fraction of sp³-hybridized carbons (Fsp3) is 0.346. The first-order valence-electron chi connectivity index (χ1n) is 11.1. The van der Waals surface area contributed by atoms with Gasteiger partial charge in [-0.25, -0.2) is 4.79 Å². The first-order chi connectivity index (χ1) is 16.5. The largest absolute Gasteiger partial charge is 0.480 e. The Labute approximate surface area is 197 Å². The number of amides is 2. The van der Waals surface area contributed by atoms with Crippen molar-refractivity contribution in [1.82, 2.24) is 10.2 Å². The Kier molecular flexibility index (Phi) is 7.14. The number of nitrogens with one attached hydrogen (secondary N) is 1. The van der Waals surface area contributed by atoms with Crippen molar-refractivity contribution in [3.05, 3.63) is 59.7 Å². The number of rotatable bonds is 8. The second-order valence-corrected chi connectivity index (χ2v) is 8.34. The summed E-state index contributed by atoms with van der Waals surface area (Å²) in [6.07, 6.45) is 4.38. The van der Waals surface area contributed by atoms with Crippen LogP contribution in [0, 0.1) is 18.3 Å². The molecule has 0 bridgehead atoms. The summed E-state index contributed by atoms with van der Waals surface area (Å²) >= 11 is 0. The Hall–Kier alpha value is -3.83. The number of hydrogen-bond acceptors (Lipinski definition) is 5. The van der Waals surface area contributed by atoms with Crippen molar-refractivity contribution in [3.63, 3.8) is 0 Å². The lowest BCUT2D eigenvalue weighted by Gasteiger charge is -2.25. The summed E-state index contributed by atoms with van der Waals surface area (Å²) < 4.78 is 11.1. The first-order valence-corrected chi connectivity index (χ1v) is 11.1. The van der Waals surface area contributed by atoms with Crippen molar-refractivity contribution in [2.24, 2.45) is 5.92 Å². The number of hydrogen-bond donors (Lipinski definition) is 2. The summed E-state index contributed by atoms with van der Waals surface area (Å²) in [5, 5.41) is 11.8. The van der Waals surface area contributed by atoms with E-state index in [1.54, 1.807) is 0 Å². The molecule has 2 aliphatic rings. The van der Waals surface area contributed by atoms with E-state index in [4.69, 9.17) is 21.0 Å². The van der Waals surface area contributed by atoms with E-state index in [-0.39, 0.29) is 31.5 Å². The minimum Gasteiger partial charge on any atom is -0.480 e. The van der Waals surface area contributed by atoms with Crippen molar-refractivity contribution in [2.75, 3.05) is 32.8 Å². The number of alkyl carbamates (subject to hydrolysis) is 1. The highest BCUT2D eigenvalue weighted by Gasteiger charge is 2.37. The lowest BCUT2D eigenvalue weighted by atomic mass is 9.98. The molecule has 176 valence electrons. The third-order valence-electron chi connectivity index (χ3n) is 6.23. The summed E-state index contributed by atoms with van der Waals surface area (Å²) in [6.45, 7) is 0.0688. The monoisotopic (exact) mass is 462 g/mol. The highest BCUT2D eigenvalue weighted by Crippen LogP contribution is 2.44. The van der Waals surface area contributed by atoms with Gasteiger partial charge in [-0.3, -0.25) is 9.59 Å². The van der Waals surface area contributed by atoms with Gasteiger partial charge in [0.25, 0.3) is 5.91 Å². The van der Waals surface area contributed by atoms with E-state index < -0.39 is 30.6 Å². The third kappa shape index (κ3) is 4.90. The molecule has 0 radical (unpaired) electrons. The first kappa shape index (κ1) is 23.3. The molecule has 1 aliphatic carbocycles. The number of terminal acetylenes is 1. The van der Waals surface area contributed by atoms with Crippen molar-refractivity contribution < 1.29 is 29.0 Å². The average Bonchev–Trinajstić information content (AvgIpc) is 3.43. The predicted octanol–water partition coefficient (Wildman–Crippen LogP) is 2.48. The standard InChI is InChI=1S/C26H26N2O6/c1-2-12-28(15-23(29)30)25(31)24-17(11-13-33-24)14-27-26(32)34-16-22-20-9-5-3-7-18(20)19-8-4-6-10-21(19)22/h1,3-10,17,22,24H,11-16H2,(H,27,32)(H,29,30)/t17-,24-/m0/s1. The predicted molar refractivity (Wildman–Crippen MR) is 124 cm³/mol. The van der Waals surface area contributed by atoms with Crippen molar-refractivity contribution in [3.8, 4) is 23.5 Å². The second-order valence-electron chi connectivity index (χ2n) is 8.34. The molecule has 1 aliphatic heterocycles. The molecule has 8 nitrogen and oxygen atoms in total. The summed E-state index contributed by atoms with van der Waals surface area (Å²) in [7, 11) is 0. The molecule has 1 heterocycles. The molecule has 2 N–H and O–H groups in total. The van der Waals surface area contributed by atoms with Gasteiger partial charge in [0.15, 0.2) is 0 Å². The van der Waals surface area contributed by atoms with Gasteiger partial charge in [0.2, 0.25) is 0 Å². The Bertz CT molecular complexity index is 1080. The molecule has 2 atom stereocenters.